The van der Waals surface area contributed by atoms with Gasteiger partial charge in [0.2, 0.25) is 0 Å². The number of phosphoric acid groups is 1. The lowest BCUT2D eigenvalue weighted by Crippen LogP contribution is -2.37. The van der Waals surface area contributed by atoms with Crippen LogP contribution in [0.15, 0.2) is 109 Å². The number of phosphoric ester groups is 1. The zero-order valence-corrected chi connectivity index (χ0v) is 40.2. The van der Waals surface area contributed by atoms with Crippen LogP contribution in [-0.2, 0) is 27.9 Å². The molecule has 0 N–H and O–H groups in total. The van der Waals surface area contributed by atoms with E-state index in [1.165, 1.54) is 51.4 Å². The van der Waals surface area contributed by atoms with Crippen LogP contribution in [-0.4, -0.2) is 70.7 Å². The average Bonchev–Trinajstić information content (AvgIpc) is 3.22. The molecule has 0 saturated carbocycles. The van der Waals surface area contributed by atoms with Gasteiger partial charge in [0.05, 0.1) is 34.4 Å². The Morgan fingerprint density at radius 2 is 0.951 bits per heavy atom. The van der Waals surface area contributed by atoms with E-state index in [1.807, 2.05) is 33.3 Å². The minimum atomic E-state index is -4.56. The highest BCUT2D eigenvalue weighted by atomic mass is 31.2. The summed E-state index contributed by atoms with van der Waals surface area (Å²) in [5.41, 5.74) is 0. The summed E-state index contributed by atoms with van der Waals surface area (Å²) in [5, 5.41) is 0. The van der Waals surface area contributed by atoms with E-state index in [1.54, 1.807) is 0 Å². The van der Waals surface area contributed by atoms with Crippen molar-refractivity contribution in [2.24, 2.45) is 0 Å². The first-order chi connectivity index (χ1) is 29.6. The van der Waals surface area contributed by atoms with Gasteiger partial charge < -0.3 is 27.9 Å². The van der Waals surface area contributed by atoms with Crippen LogP contribution in [0.3, 0.4) is 0 Å². The van der Waals surface area contributed by atoms with Crippen molar-refractivity contribution in [3.8, 4) is 0 Å². The number of unbranched alkanes of at least 4 members (excludes halogenated alkanes) is 10. The molecule has 0 aromatic heterocycles. The second kappa shape index (κ2) is 43.8. The molecule has 0 amide bonds. The van der Waals surface area contributed by atoms with Gasteiger partial charge >= 0.3 is 5.97 Å². The van der Waals surface area contributed by atoms with Crippen molar-refractivity contribution in [1.29, 1.82) is 0 Å². The number of hydrogen-bond acceptors (Lipinski definition) is 7. The van der Waals surface area contributed by atoms with Gasteiger partial charge in [-0.15, -0.1) is 0 Å². The number of rotatable bonds is 42. The van der Waals surface area contributed by atoms with Crippen LogP contribution >= 0.6 is 7.82 Å². The highest BCUT2D eigenvalue weighted by molar-refractivity contribution is 7.45. The number of likely N-dealkylation sites (N-methyl/N-ethyl adjacent to an activating group) is 1. The van der Waals surface area contributed by atoms with Crippen LogP contribution in [0, 0.1) is 0 Å². The summed E-state index contributed by atoms with van der Waals surface area (Å²) in [6, 6.07) is 0. The molecule has 2 unspecified atom stereocenters. The van der Waals surface area contributed by atoms with E-state index in [0.29, 0.717) is 24.1 Å². The molecule has 0 heterocycles. The quantitative estimate of drug-likeness (QED) is 0.0198. The molecular weight excluding hydrogens is 782 g/mol. The molecule has 9 heteroatoms. The molecular formula is C52H88NO7P. The Kier molecular flexibility index (Phi) is 41.8. The number of nitrogens with zero attached hydrogens (tertiary/aromatic N) is 1. The Morgan fingerprint density at radius 3 is 1.43 bits per heavy atom. The summed E-state index contributed by atoms with van der Waals surface area (Å²) in [4.78, 5) is 25.1. The normalized spacial score (nSPS) is 14.7. The van der Waals surface area contributed by atoms with E-state index in [-0.39, 0.29) is 26.2 Å². The fourth-order valence-corrected chi connectivity index (χ4v) is 6.42. The van der Waals surface area contributed by atoms with Crippen molar-refractivity contribution < 1.29 is 37.3 Å². The van der Waals surface area contributed by atoms with Gasteiger partial charge in [-0.3, -0.25) is 9.36 Å². The van der Waals surface area contributed by atoms with Gasteiger partial charge in [0.1, 0.15) is 19.3 Å². The first kappa shape index (κ1) is 58.2. The Balaban J connectivity index is 4.37. The lowest BCUT2D eigenvalue weighted by Gasteiger charge is -2.28. The third-order valence-electron chi connectivity index (χ3n) is 9.32. The number of carbonyl (C=O) groups excluding carboxylic acids is 1. The Morgan fingerprint density at radius 1 is 0.525 bits per heavy atom. The Hall–Kier alpha value is -2.84. The van der Waals surface area contributed by atoms with Gasteiger partial charge in [-0.1, -0.05) is 168 Å². The predicted molar refractivity (Wildman–Crippen MR) is 258 cm³/mol. The van der Waals surface area contributed by atoms with Crippen LogP contribution in [0.1, 0.15) is 155 Å². The molecule has 0 bridgehead atoms. The summed E-state index contributed by atoms with van der Waals surface area (Å²) in [7, 11) is 1.28. The van der Waals surface area contributed by atoms with Crippen molar-refractivity contribution in [3.63, 3.8) is 0 Å². The monoisotopic (exact) mass is 870 g/mol. The summed E-state index contributed by atoms with van der Waals surface area (Å²) in [6.45, 7) is 5.11. The van der Waals surface area contributed by atoms with Crippen molar-refractivity contribution in [1.82, 2.24) is 0 Å². The number of hydrogen-bond donors (Lipinski definition) is 0. The van der Waals surface area contributed by atoms with Crippen LogP contribution in [0.5, 0.6) is 0 Å². The van der Waals surface area contributed by atoms with Crippen LogP contribution < -0.4 is 4.89 Å². The molecule has 0 saturated heterocycles. The van der Waals surface area contributed by atoms with E-state index in [2.05, 4.69) is 111 Å². The molecule has 0 rings (SSSR count). The zero-order chi connectivity index (χ0) is 44.8. The van der Waals surface area contributed by atoms with E-state index < -0.39 is 19.9 Å². The second-order valence-electron chi connectivity index (χ2n) is 16.4. The number of ether oxygens (including phenoxy) is 2. The zero-order valence-electron chi connectivity index (χ0n) is 39.3. The van der Waals surface area contributed by atoms with Gasteiger partial charge in [-0.05, 0) is 89.9 Å². The fourth-order valence-electron chi connectivity index (χ4n) is 5.69. The largest absolute Gasteiger partial charge is 0.756 e. The molecule has 61 heavy (non-hydrogen) atoms. The molecule has 8 nitrogen and oxygen atoms in total. The molecule has 2 atom stereocenters. The van der Waals surface area contributed by atoms with Crippen molar-refractivity contribution in [3.05, 3.63) is 109 Å². The maximum atomic E-state index is 12.7. The average molecular weight is 870 g/mol. The number of quaternary nitrogens is 1. The molecule has 0 aliphatic heterocycles. The molecule has 0 aliphatic carbocycles. The summed E-state index contributed by atoms with van der Waals surface area (Å²) in [6.07, 6.45) is 61.2. The minimum Gasteiger partial charge on any atom is -0.756 e. The van der Waals surface area contributed by atoms with E-state index >= 15 is 0 Å². The molecule has 0 spiro atoms. The van der Waals surface area contributed by atoms with E-state index in [4.69, 9.17) is 18.5 Å². The second-order valence-corrected chi connectivity index (χ2v) is 17.8. The summed E-state index contributed by atoms with van der Waals surface area (Å²) < 4.78 is 34.5. The standard InChI is InChI=1S/C52H88NO7P/c1-6-8-10-12-14-16-18-20-22-24-26-28-30-32-34-36-38-40-42-44-47-57-49-51(50-59-61(55,56)58-48-46-53(3,4)5)60-52(54)45-43-41-39-37-35-33-31-29-27-25-23-21-19-17-15-13-11-9-7-2/h9,11,14-17,20-23,26-29,33,35,39,41,51H,6-8,10,12-13,18-19,24-25,30-32,34,36-38,40,42-50H2,1-5H3/b11-9-,16-14-,17-15-,22-20-,23-21-,28-26-,29-27-,35-33-,41-39-. The van der Waals surface area contributed by atoms with Gasteiger partial charge in [-0.25, -0.2) is 0 Å². The smallest absolute Gasteiger partial charge is 0.306 e. The third-order valence-corrected chi connectivity index (χ3v) is 10.3. The van der Waals surface area contributed by atoms with Crippen molar-refractivity contribution in [2.45, 2.75) is 161 Å². The molecule has 0 fully saturated rings. The number of carbonyl (C=O) groups is 1. The molecule has 0 radical (unpaired) electrons. The lowest BCUT2D eigenvalue weighted by molar-refractivity contribution is -0.870. The SMILES string of the molecule is CC/C=C\C/C=C\C/C=C\C/C=C\C/C=C\C/C=C\CCC(=O)OC(COCCCCCCCCC/C=C\C/C=C\C/C=C\CCCCC)COP(=O)([O-])OCC[N+](C)(C)C. The highest BCUT2D eigenvalue weighted by Crippen LogP contribution is 2.38. The highest BCUT2D eigenvalue weighted by Gasteiger charge is 2.20. The first-order valence-corrected chi connectivity index (χ1v) is 25.1. The summed E-state index contributed by atoms with van der Waals surface area (Å²) in [5.74, 6) is -0.424. The van der Waals surface area contributed by atoms with Crippen LogP contribution in [0.4, 0.5) is 0 Å². The van der Waals surface area contributed by atoms with E-state index in [9.17, 15) is 14.3 Å². The topological polar surface area (TPSA) is 94.1 Å². The fraction of sp³-hybridized carbons (Fsp3) is 0.635. The minimum absolute atomic E-state index is 0.00378. The van der Waals surface area contributed by atoms with E-state index in [0.717, 1.165) is 77.0 Å². The maximum Gasteiger partial charge on any atom is 0.306 e. The number of allylic oxidation sites excluding steroid dienone is 18. The lowest BCUT2D eigenvalue weighted by atomic mass is 10.1. The molecule has 0 aromatic rings. The molecule has 0 aromatic carbocycles. The summed E-state index contributed by atoms with van der Waals surface area (Å²) >= 11 is 0. The van der Waals surface area contributed by atoms with Crippen molar-refractivity contribution >= 4 is 13.8 Å². The van der Waals surface area contributed by atoms with Crippen LogP contribution in [0.25, 0.3) is 0 Å². The predicted octanol–water partition coefficient (Wildman–Crippen LogP) is 13.8. The van der Waals surface area contributed by atoms with Gasteiger partial charge in [0.25, 0.3) is 7.82 Å². The van der Waals surface area contributed by atoms with Gasteiger partial charge in [-0.2, -0.15) is 0 Å². The van der Waals surface area contributed by atoms with Crippen LogP contribution in [0.2, 0.25) is 0 Å². The third kappa shape index (κ3) is 48.1. The first-order valence-electron chi connectivity index (χ1n) is 23.6. The molecule has 0 aliphatic rings. The van der Waals surface area contributed by atoms with Gasteiger partial charge in [0.15, 0.2) is 0 Å². The Labute approximate surface area is 374 Å². The number of esters is 1. The molecule has 348 valence electrons. The van der Waals surface area contributed by atoms with Gasteiger partial charge in [0, 0.05) is 13.0 Å². The van der Waals surface area contributed by atoms with Crippen molar-refractivity contribution in [2.75, 3.05) is 54.1 Å². The maximum absolute atomic E-state index is 12.7. The Bertz CT molecular complexity index is 1340.